The molecule has 0 aliphatic rings. The van der Waals surface area contributed by atoms with Crippen LogP contribution >= 0.6 is 11.6 Å². The number of hydrogen-bond acceptors (Lipinski definition) is 5. The number of carbonyl (C=O) groups is 2. The predicted molar refractivity (Wildman–Crippen MR) is 109 cm³/mol. The zero-order chi connectivity index (χ0) is 21.0. The number of anilines is 2. The van der Waals surface area contributed by atoms with E-state index >= 15 is 0 Å². The second-order valence-corrected chi connectivity index (χ2v) is 6.67. The fourth-order valence-electron chi connectivity index (χ4n) is 2.63. The zero-order valence-electron chi connectivity index (χ0n) is 16.3. The van der Waals surface area contributed by atoms with Crippen LogP contribution in [0.1, 0.15) is 23.1 Å². The van der Waals surface area contributed by atoms with Crippen LogP contribution in [0.15, 0.2) is 36.7 Å². The number of carbonyl (C=O) groups excluding carboxylic acids is 2. The molecule has 9 nitrogen and oxygen atoms in total. The van der Waals surface area contributed by atoms with E-state index in [-0.39, 0.29) is 12.3 Å². The number of aryl methyl sites for hydroxylation is 2. The minimum Gasteiger partial charge on any atom is -0.484 e. The van der Waals surface area contributed by atoms with E-state index in [2.05, 4.69) is 20.8 Å². The lowest BCUT2D eigenvalue weighted by Crippen LogP contribution is -2.24. The SMILES string of the molecule is CCn1ncc(NC(=O)COc2ccc(Cl)cc2)c1C(=O)Nc1cnn(C)c1C. The molecule has 3 rings (SSSR count). The molecule has 2 heterocycles. The molecule has 0 radical (unpaired) electrons. The molecule has 2 aromatic heterocycles. The van der Waals surface area contributed by atoms with Crippen LogP contribution in [0.25, 0.3) is 0 Å². The molecule has 0 aliphatic carbocycles. The summed E-state index contributed by atoms with van der Waals surface area (Å²) in [5, 5.41) is 14.3. The lowest BCUT2D eigenvalue weighted by molar-refractivity contribution is -0.118. The number of hydrogen-bond donors (Lipinski definition) is 2. The van der Waals surface area contributed by atoms with Crippen molar-refractivity contribution in [3.63, 3.8) is 0 Å². The van der Waals surface area contributed by atoms with Crippen molar-refractivity contribution >= 4 is 34.8 Å². The van der Waals surface area contributed by atoms with Crippen LogP contribution in [0.4, 0.5) is 11.4 Å². The first-order valence-corrected chi connectivity index (χ1v) is 9.30. The van der Waals surface area contributed by atoms with Gasteiger partial charge in [0.15, 0.2) is 6.61 Å². The summed E-state index contributed by atoms with van der Waals surface area (Å²) in [6, 6.07) is 6.67. The van der Waals surface area contributed by atoms with E-state index in [1.54, 1.807) is 42.2 Å². The largest absolute Gasteiger partial charge is 0.484 e. The minimum atomic E-state index is -0.415. The Kier molecular flexibility index (Phi) is 6.18. The molecule has 1 aromatic carbocycles. The van der Waals surface area contributed by atoms with Crippen molar-refractivity contribution in [1.29, 1.82) is 0 Å². The summed E-state index contributed by atoms with van der Waals surface area (Å²) in [6.07, 6.45) is 3.01. The summed E-state index contributed by atoms with van der Waals surface area (Å²) in [6.45, 7) is 3.94. The highest BCUT2D eigenvalue weighted by Gasteiger charge is 2.21. The standard InChI is InChI=1S/C19H21ClN6O3/c1-4-26-18(19(28)24-15-9-21-25(3)12(15)2)16(10-22-26)23-17(27)11-29-14-7-5-13(20)6-8-14/h5-10H,4,11H2,1-3H3,(H,23,27)(H,24,28). The molecule has 0 atom stereocenters. The van der Waals surface area contributed by atoms with Crippen LogP contribution < -0.4 is 15.4 Å². The van der Waals surface area contributed by atoms with Crippen molar-refractivity contribution in [3.8, 4) is 5.75 Å². The average molecular weight is 417 g/mol. The third kappa shape index (κ3) is 4.75. The van der Waals surface area contributed by atoms with Gasteiger partial charge in [0.1, 0.15) is 11.4 Å². The highest BCUT2D eigenvalue weighted by molar-refractivity contribution is 6.30. The van der Waals surface area contributed by atoms with Crippen LogP contribution in [-0.4, -0.2) is 38.0 Å². The van der Waals surface area contributed by atoms with Crippen molar-refractivity contribution in [2.24, 2.45) is 7.05 Å². The molecule has 0 saturated carbocycles. The van der Waals surface area contributed by atoms with Gasteiger partial charge in [-0.15, -0.1) is 0 Å². The summed E-state index contributed by atoms with van der Waals surface area (Å²) in [5.74, 6) is -0.296. The van der Waals surface area contributed by atoms with E-state index in [4.69, 9.17) is 16.3 Å². The van der Waals surface area contributed by atoms with Gasteiger partial charge in [-0.2, -0.15) is 10.2 Å². The summed E-state index contributed by atoms with van der Waals surface area (Å²) in [7, 11) is 1.79. The number of nitrogens with one attached hydrogen (secondary N) is 2. The van der Waals surface area contributed by atoms with Crippen molar-refractivity contribution in [2.75, 3.05) is 17.2 Å². The van der Waals surface area contributed by atoms with Gasteiger partial charge in [0.2, 0.25) is 0 Å². The summed E-state index contributed by atoms with van der Waals surface area (Å²) in [5.41, 5.74) is 1.94. The number of rotatable bonds is 7. The van der Waals surface area contributed by atoms with Crippen LogP contribution in [0.3, 0.4) is 0 Å². The van der Waals surface area contributed by atoms with Gasteiger partial charge in [-0.1, -0.05) is 11.6 Å². The molecule has 2 amide bonds. The molecule has 0 fully saturated rings. The van der Waals surface area contributed by atoms with Gasteiger partial charge in [-0.05, 0) is 38.1 Å². The zero-order valence-corrected chi connectivity index (χ0v) is 17.0. The lowest BCUT2D eigenvalue weighted by Gasteiger charge is -2.10. The molecular formula is C19H21ClN6O3. The van der Waals surface area contributed by atoms with Gasteiger partial charge in [0.25, 0.3) is 11.8 Å². The molecule has 152 valence electrons. The Morgan fingerprint density at radius 1 is 1.10 bits per heavy atom. The Bertz CT molecular complexity index is 1030. The number of ether oxygens (including phenoxy) is 1. The maximum Gasteiger partial charge on any atom is 0.276 e. The van der Waals surface area contributed by atoms with E-state index in [1.165, 1.54) is 10.9 Å². The van der Waals surface area contributed by atoms with Crippen molar-refractivity contribution in [3.05, 3.63) is 53.1 Å². The van der Waals surface area contributed by atoms with Gasteiger partial charge < -0.3 is 15.4 Å². The molecule has 0 saturated heterocycles. The summed E-state index contributed by atoms with van der Waals surface area (Å²) in [4.78, 5) is 25.1. The van der Waals surface area contributed by atoms with Gasteiger partial charge in [-0.25, -0.2) is 0 Å². The lowest BCUT2D eigenvalue weighted by atomic mass is 10.3. The normalized spacial score (nSPS) is 10.6. The number of halogens is 1. The van der Waals surface area contributed by atoms with Crippen LogP contribution in [0.2, 0.25) is 5.02 Å². The van der Waals surface area contributed by atoms with Crippen molar-refractivity contribution in [2.45, 2.75) is 20.4 Å². The van der Waals surface area contributed by atoms with E-state index < -0.39 is 11.8 Å². The topological polar surface area (TPSA) is 103 Å². The smallest absolute Gasteiger partial charge is 0.276 e. The number of nitrogens with zero attached hydrogens (tertiary/aromatic N) is 4. The van der Waals surface area contributed by atoms with Gasteiger partial charge >= 0.3 is 0 Å². The molecule has 2 N–H and O–H groups in total. The predicted octanol–water partition coefficient (Wildman–Crippen LogP) is 2.87. The fraction of sp³-hybridized carbons (Fsp3) is 0.263. The number of amides is 2. The molecule has 0 spiro atoms. The maximum atomic E-state index is 12.8. The molecular weight excluding hydrogens is 396 g/mol. The fourth-order valence-corrected chi connectivity index (χ4v) is 2.75. The van der Waals surface area contributed by atoms with Gasteiger partial charge in [0.05, 0.1) is 29.5 Å². The molecule has 0 unspecified atom stereocenters. The third-order valence-corrected chi connectivity index (χ3v) is 4.55. The van der Waals surface area contributed by atoms with E-state index in [0.717, 1.165) is 5.69 Å². The molecule has 0 aliphatic heterocycles. The maximum absolute atomic E-state index is 12.8. The highest BCUT2D eigenvalue weighted by atomic mass is 35.5. The first kappa shape index (κ1) is 20.4. The third-order valence-electron chi connectivity index (χ3n) is 4.30. The van der Waals surface area contributed by atoms with E-state index in [1.807, 2.05) is 13.8 Å². The molecule has 29 heavy (non-hydrogen) atoms. The molecule has 10 heteroatoms. The quantitative estimate of drug-likeness (QED) is 0.616. The number of benzene rings is 1. The highest BCUT2D eigenvalue weighted by Crippen LogP contribution is 2.20. The monoisotopic (exact) mass is 416 g/mol. The second kappa shape index (κ2) is 8.78. The van der Waals surface area contributed by atoms with Crippen molar-refractivity contribution in [1.82, 2.24) is 19.6 Å². The molecule has 0 bridgehead atoms. The van der Waals surface area contributed by atoms with E-state index in [0.29, 0.717) is 28.7 Å². The van der Waals surface area contributed by atoms with Gasteiger partial charge in [0, 0.05) is 18.6 Å². The Balaban J connectivity index is 1.70. The number of aromatic nitrogens is 4. The summed E-state index contributed by atoms with van der Waals surface area (Å²) >= 11 is 5.83. The minimum absolute atomic E-state index is 0.221. The van der Waals surface area contributed by atoms with Crippen LogP contribution in [-0.2, 0) is 18.4 Å². The van der Waals surface area contributed by atoms with Gasteiger partial charge in [-0.3, -0.25) is 19.0 Å². The Hall–Kier alpha value is -3.33. The van der Waals surface area contributed by atoms with Crippen LogP contribution in [0, 0.1) is 6.92 Å². The van der Waals surface area contributed by atoms with Crippen LogP contribution in [0.5, 0.6) is 5.75 Å². The molecule has 3 aromatic rings. The summed E-state index contributed by atoms with van der Waals surface area (Å²) < 4.78 is 8.60. The second-order valence-electron chi connectivity index (χ2n) is 6.23. The first-order valence-electron chi connectivity index (χ1n) is 8.93. The average Bonchev–Trinajstić information content (AvgIpc) is 3.25. The first-order chi connectivity index (χ1) is 13.9. The Morgan fingerprint density at radius 3 is 2.41 bits per heavy atom. The van der Waals surface area contributed by atoms with Crippen molar-refractivity contribution < 1.29 is 14.3 Å². The Morgan fingerprint density at radius 2 is 1.79 bits per heavy atom. The Labute approximate surface area is 172 Å². The van der Waals surface area contributed by atoms with E-state index in [9.17, 15) is 9.59 Å².